The van der Waals surface area contributed by atoms with E-state index >= 15 is 0 Å². The van der Waals surface area contributed by atoms with Crippen LogP contribution in [0.5, 0.6) is 0 Å². The second-order valence-electron chi connectivity index (χ2n) is 4.31. The summed E-state index contributed by atoms with van der Waals surface area (Å²) in [7, 11) is 0. The highest BCUT2D eigenvalue weighted by molar-refractivity contribution is 6.32. The van der Waals surface area contributed by atoms with Gasteiger partial charge in [-0.1, -0.05) is 37.1 Å². The molecule has 3 nitrogen and oxygen atoms in total. The molecule has 0 fully saturated rings. The van der Waals surface area contributed by atoms with Crippen LogP contribution in [0.15, 0.2) is 24.3 Å². The first-order valence-corrected chi connectivity index (χ1v) is 6.48. The zero-order valence-corrected chi connectivity index (χ0v) is 11.3. The predicted molar refractivity (Wildman–Crippen MR) is 72.1 cm³/mol. The topological polar surface area (TPSA) is 34.9 Å². The summed E-state index contributed by atoms with van der Waals surface area (Å²) in [5.41, 5.74) is 1.88. The van der Waals surface area contributed by atoms with Gasteiger partial charge < -0.3 is 0 Å². The minimum atomic E-state index is -0.301. The average molecular weight is 281 g/mol. The van der Waals surface area contributed by atoms with Crippen LogP contribution >= 0.6 is 11.6 Å². The lowest BCUT2D eigenvalue weighted by Gasteiger charge is -2.03. The van der Waals surface area contributed by atoms with Crippen LogP contribution in [0.25, 0.3) is 0 Å². The van der Waals surface area contributed by atoms with E-state index in [0.29, 0.717) is 29.4 Å². The fourth-order valence-corrected chi connectivity index (χ4v) is 2.20. The van der Waals surface area contributed by atoms with Crippen molar-refractivity contribution in [1.29, 1.82) is 0 Å². The Kier molecular flexibility index (Phi) is 4.32. The lowest BCUT2D eigenvalue weighted by molar-refractivity contribution is 0.112. The van der Waals surface area contributed by atoms with Crippen molar-refractivity contribution < 1.29 is 9.18 Å². The first kappa shape index (κ1) is 13.7. The third kappa shape index (κ3) is 3.01. The number of hydrogen-bond donors (Lipinski definition) is 0. The Balaban J connectivity index is 2.32. The van der Waals surface area contributed by atoms with Gasteiger partial charge in [0, 0.05) is 0 Å². The maximum Gasteiger partial charge on any atom is 0.155 e. The van der Waals surface area contributed by atoms with Gasteiger partial charge in [-0.2, -0.15) is 5.10 Å². The molecule has 0 aliphatic rings. The molecule has 100 valence electrons. The molecule has 5 heteroatoms. The predicted octanol–water partition coefficient (Wildman–Crippen LogP) is 3.49. The van der Waals surface area contributed by atoms with Gasteiger partial charge in [-0.25, -0.2) is 9.07 Å². The molecular formula is C14H14ClFN2O. The Bertz CT molecular complexity index is 595. The number of aldehydes is 1. The number of rotatable bonds is 5. The quantitative estimate of drug-likeness (QED) is 0.786. The van der Waals surface area contributed by atoms with Gasteiger partial charge in [-0.3, -0.25) is 4.79 Å². The molecule has 0 unspecified atom stereocenters. The summed E-state index contributed by atoms with van der Waals surface area (Å²) in [4.78, 5) is 11.0. The maximum absolute atomic E-state index is 13.1. The normalized spacial score (nSPS) is 10.7. The molecule has 0 aliphatic carbocycles. The molecule has 0 saturated heterocycles. The highest BCUT2D eigenvalue weighted by Gasteiger charge is 2.15. The second kappa shape index (κ2) is 5.97. The smallest absolute Gasteiger partial charge is 0.155 e. The van der Waals surface area contributed by atoms with Crippen molar-refractivity contribution in [3.8, 4) is 0 Å². The summed E-state index contributed by atoms with van der Waals surface area (Å²) in [5, 5.41) is 4.63. The van der Waals surface area contributed by atoms with Crippen molar-refractivity contribution >= 4 is 17.9 Å². The standard InChI is InChI=1S/C14H14ClFN2O/c1-2-4-13-12(9-19)14(15)18(17-13)8-10-5-3-6-11(16)7-10/h3,5-7,9H,2,4,8H2,1H3. The molecule has 2 rings (SSSR count). The number of aromatic nitrogens is 2. The molecule has 0 radical (unpaired) electrons. The Morgan fingerprint density at radius 2 is 2.26 bits per heavy atom. The minimum Gasteiger partial charge on any atom is -0.298 e. The van der Waals surface area contributed by atoms with Crippen LogP contribution in [0.1, 0.15) is 35.0 Å². The average Bonchev–Trinajstić information content (AvgIpc) is 2.66. The van der Waals surface area contributed by atoms with E-state index in [2.05, 4.69) is 5.10 Å². The number of aryl methyl sites for hydroxylation is 1. The Morgan fingerprint density at radius 3 is 2.89 bits per heavy atom. The molecule has 0 N–H and O–H groups in total. The van der Waals surface area contributed by atoms with E-state index in [9.17, 15) is 9.18 Å². The van der Waals surface area contributed by atoms with E-state index in [1.165, 1.54) is 16.8 Å². The monoisotopic (exact) mass is 280 g/mol. The van der Waals surface area contributed by atoms with E-state index in [0.717, 1.165) is 18.3 Å². The van der Waals surface area contributed by atoms with Gasteiger partial charge in [-0.05, 0) is 24.1 Å². The number of halogens is 2. The first-order valence-electron chi connectivity index (χ1n) is 6.10. The Morgan fingerprint density at radius 1 is 1.47 bits per heavy atom. The number of hydrogen-bond acceptors (Lipinski definition) is 2. The molecule has 19 heavy (non-hydrogen) atoms. The van der Waals surface area contributed by atoms with Gasteiger partial charge in [0.2, 0.25) is 0 Å². The van der Waals surface area contributed by atoms with Crippen LogP contribution in [-0.4, -0.2) is 16.1 Å². The van der Waals surface area contributed by atoms with E-state index in [1.807, 2.05) is 6.92 Å². The molecular weight excluding hydrogens is 267 g/mol. The fourth-order valence-electron chi connectivity index (χ4n) is 1.95. The lowest BCUT2D eigenvalue weighted by atomic mass is 10.2. The van der Waals surface area contributed by atoms with Crippen molar-refractivity contribution in [3.63, 3.8) is 0 Å². The number of nitrogens with zero attached hydrogens (tertiary/aromatic N) is 2. The van der Waals surface area contributed by atoms with Crippen molar-refractivity contribution in [2.75, 3.05) is 0 Å². The number of carbonyl (C=O) groups excluding carboxylic acids is 1. The molecule has 0 spiro atoms. The van der Waals surface area contributed by atoms with Gasteiger partial charge >= 0.3 is 0 Å². The Hall–Kier alpha value is -1.68. The van der Waals surface area contributed by atoms with Gasteiger partial charge in [-0.15, -0.1) is 0 Å². The van der Waals surface area contributed by atoms with Crippen LogP contribution in [0.4, 0.5) is 4.39 Å². The van der Waals surface area contributed by atoms with Crippen molar-refractivity contribution in [1.82, 2.24) is 9.78 Å². The molecule has 0 amide bonds. The van der Waals surface area contributed by atoms with Crippen LogP contribution < -0.4 is 0 Å². The molecule has 2 aromatic rings. The van der Waals surface area contributed by atoms with Crippen molar-refractivity contribution in [3.05, 3.63) is 52.1 Å². The van der Waals surface area contributed by atoms with E-state index in [-0.39, 0.29) is 5.82 Å². The first-order chi connectivity index (χ1) is 9.15. The van der Waals surface area contributed by atoms with Gasteiger partial charge in [0.05, 0.1) is 17.8 Å². The number of carbonyl (C=O) groups is 1. The Labute approximate surface area is 116 Å². The lowest BCUT2D eigenvalue weighted by Crippen LogP contribution is -2.02. The molecule has 1 aromatic carbocycles. The molecule has 1 aromatic heterocycles. The largest absolute Gasteiger partial charge is 0.298 e. The van der Waals surface area contributed by atoms with Crippen LogP contribution in [-0.2, 0) is 13.0 Å². The summed E-state index contributed by atoms with van der Waals surface area (Å²) < 4.78 is 14.7. The van der Waals surface area contributed by atoms with Gasteiger partial charge in [0.15, 0.2) is 6.29 Å². The zero-order valence-electron chi connectivity index (χ0n) is 10.6. The van der Waals surface area contributed by atoms with Gasteiger partial charge in [0.25, 0.3) is 0 Å². The second-order valence-corrected chi connectivity index (χ2v) is 4.66. The summed E-state index contributed by atoms with van der Waals surface area (Å²) in [6.07, 6.45) is 2.31. The molecule has 0 saturated carbocycles. The van der Waals surface area contributed by atoms with Gasteiger partial charge in [0.1, 0.15) is 11.0 Å². The summed E-state index contributed by atoms with van der Waals surface area (Å²) in [6.45, 7) is 2.36. The van der Waals surface area contributed by atoms with Crippen molar-refractivity contribution in [2.45, 2.75) is 26.3 Å². The van der Waals surface area contributed by atoms with Crippen molar-refractivity contribution in [2.24, 2.45) is 0 Å². The highest BCUT2D eigenvalue weighted by Crippen LogP contribution is 2.20. The number of benzene rings is 1. The fraction of sp³-hybridized carbons (Fsp3) is 0.286. The summed E-state index contributed by atoms with van der Waals surface area (Å²) in [5.74, 6) is -0.301. The molecule has 0 bridgehead atoms. The van der Waals surface area contributed by atoms with E-state index in [4.69, 9.17) is 11.6 Å². The summed E-state index contributed by atoms with van der Waals surface area (Å²) in [6, 6.07) is 6.24. The molecule has 0 aliphatic heterocycles. The van der Waals surface area contributed by atoms with Crippen LogP contribution in [0.3, 0.4) is 0 Å². The summed E-state index contributed by atoms with van der Waals surface area (Å²) >= 11 is 6.13. The highest BCUT2D eigenvalue weighted by atomic mass is 35.5. The van der Waals surface area contributed by atoms with E-state index < -0.39 is 0 Å². The zero-order chi connectivity index (χ0) is 13.8. The van der Waals surface area contributed by atoms with Crippen LogP contribution in [0.2, 0.25) is 5.15 Å². The van der Waals surface area contributed by atoms with E-state index in [1.54, 1.807) is 12.1 Å². The third-order valence-corrected chi connectivity index (χ3v) is 3.23. The molecule has 0 atom stereocenters. The third-order valence-electron chi connectivity index (χ3n) is 2.83. The maximum atomic E-state index is 13.1. The molecule has 1 heterocycles. The van der Waals surface area contributed by atoms with Crippen LogP contribution in [0, 0.1) is 5.82 Å². The SMILES string of the molecule is CCCc1nn(Cc2cccc(F)c2)c(Cl)c1C=O. The minimum absolute atomic E-state index is 0.301.